The van der Waals surface area contributed by atoms with Crippen molar-refractivity contribution in [2.45, 2.75) is 13.0 Å². The Labute approximate surface area is 117 Å². The van der Waals surface area contributed by atoms with Crippen LogP contribution in [0, 0.1) is 11.8 Å². The first-order valence-electron chi connectivity index (χ1n) is 6.34. The number of benzene rings is 1. The normalized spacial score (nSPS) is 11.3. The van der Waals surface area contributed by atoms with Gasteiger partial charge >= 0.3 is 0 Å². The van der Waals surface area contributed by atoms with Crippen LogP contribution in [0.1, 0.15) is 34.6 Å². The van der Waals surface area contributed by atoms with Gasteiger partial charge in [-0.25, -0.2) is 0 Å². The van der Waals surface area contributed by atoms with Gasteiger partial charge in [0.1, 0.15) is 12.3 Å². The summed E-state index contributed by atoms with van der Waals surface area (Å²) in [5, 5.41) is 11.6. The van der Waals surface area contributed by atoms with Crippen LogP contribution in [-0.4, -0.2) is 22.6 Å². The molecular weight excluding hydrogens is 252 g/mol. The summed E-state index contributed by atoms with van der Waals surface area (Å²) in [6, 6.07) is 11.0. The third-order valence-electron chi connectivity index (χ3n) is 2.89. The van der Waals surface area contributed by atoms with E-state index in [1.54, 1.807) is 18.3 Å². The monoisotopic (exact) mass is 268 g/mol. The largest absolute Gasteiger partial charge is 0.384 e. The van der Waals surface area contributed by atoms with Crippen molar-refractivity contribution < 1.29 is 9.90 Å². The first-order chi connectivity index (χ1) is 9.70. The van der Waals surface area contributed by atoms with Crippen LogP contribution in [0.4, 0.5) is 0 Å². The fourth-order valence-electron chi connectivity index (χ4n) is 1.86. The van der Waals surface area contributed by atoms with Crippen molar-refractivity contribution in [3.63, 3.8) is 0 Å². The molecule has 2 rings (SSSR count). The van der Waals surface area contributed by atoms with Crippen molar-refractivity contribution in [1.82, 2.24) is 10.3 Å². The van der Waals surface area contributed by atoms with Crippen LogP contribution in [0.2, 0.25) is 0 Å². The number of H-pyrrole nitrogens is 1. The summed E-state index contributed by atoms with van der Waals surface area (Å²) < 4.78 is 0. The second-order valence-corrected chi connectivity index (χ2v) is 4.36. The molecule has 1 heterocycles. The van der Waals surface area contributed by atoms with E-state index < -0.39 is 0 Å². The minimum atomic E-state index is -0.163. The van der Waals surface area contributed by atoms with E-state index in [1.807, 2.05) is 31.2 Å². The molecule has 0 aliphatic heterocycles. The Morgan fingerprint density at radius 3 is 2.95 bits per heavy atom. The van der Waals surface area contributed by atoms with E-state index in [0.29, 0.717) is 5.69 Å². The summed E-state index contributed by atoms with van der Waals surface area (Å²) in [5.74, 6) is 5.31. The molecule has 1 atom stereocenters. The molecule has 20 heavy (non-hydrogen) atoms. The maximum absolute atomic E-state index is 11.9. The van der Waals surface area contributed by atoms with Gasteiger partial charge < -0.3 is 15.4 Å². The molecule has 0 bridgehead atoms. The summed E-state index contributed by atoms with van der Waals surface area (Å²) in [7, 11) is 0. The first-order valence-corrected chi connectivity index (χ1v) is 6.34. The lowest BCUT2D eigenvalue weighted by Gasteiger charge is -2.14. The first kappa shape index (κ1) is 13.9. The molecule has 0 aliphatic carbocycles. The summed E-state index contributed by atoms with van der Waals surface area (Å²) in [4.78, 5) is 14.8. The zero-order valence-corrected chi connectivity index (χ0v) is 11.2. The van der Waals surface area contributed by atoms with Gasteiger partial charge in [-0.1, -0.05) is 24.0 Å². The van der Waals surface area contributed by atoms with Gasteiger partial charge in [-0.15, -0.1) is 0 Å². The highest BCUT2D eigenvalue weighted by Gasteiger charge is 2.11. The third kappa shape index (κ3) is 3.50. The average Bonchev–Trinajstić information content (AvgIpc) is 2.99. The zero-order valence-electron chi connectivity index (χ0n) is 11.2. The molecule has 0 saturated heterocycles. The zero-order chi connectivity index (χ0) is 14.4. The molecular formula is C16H16N2O2. The molecule has 4 heteroatoms. The molecule has 102 valence electrons. The van der Waals surface area contributed by atoms with Crippen LogP contribution in [-0.2, 0) is 0 Å². The molecule has 0 radical (unpaired) electrons. The number of aromatic nitrogens is 1. The minimum Gasteiger partial charge on any atom is -0.384 e. The smallest absolute Gasteiger partial charge is 0.268 e. The van der Waals surface area contributed by atoms with E-state index in [9.17, 15) is 4.79 Å². The van der Waals surface area contributed by atoms with Gasteiger partial charge in [0.2, 0.25) is 0 Å². The summed E-state index contributed by atoms with van der Waals surface area (Å²) in [6.45, 7) is 1.75. The van der Waals surface area contributed by atoms with Crippen molar-refractivity contribution in [2.75, 3.05) is 6.61 Å². The molecule has 0 fully saturated rings. The van der Waals surface area contributed by atoms with E-state index in [4.69, 9.17) is 5.11 Å². The molecule has 1 aromatic heterocycles. The van der Waals surface area contributed by atoms with Crippen LogP contribution in [0.15, 0.2) is 42.6 Å². The molecule has 1 aromatic carbocycles. The van der Waals surface area contributed by atoms with E-state index in [0.717, 1.165) is 11.1 Å². The number of hydrogen-bond donors (Lipinski definition) is 3. The van der Waals surface area contributed by atoms with E-state index >= 15 is 0 Å². The van der Waals surface area contributed by atoms with Gasteiger partial charge in [0.25, 0.3) is 5.91 Å². The van der Waals surface area contributed by atoms with Crippen molar-refractivity contribution >= 4 is 5.91 Å². The number of carbonyl (C=O) groups is 1. The van der Waals surface area contributed by atoms with Crippen molar-refractivity contribution in [2.24, 2.45) is 0 Å². The van der Waals surface area contributed by atoms with Crippen LogP contribution < -0.4 is 5.32 Å². The van der Waals surface area contributed by atoms with E-state index in [1.165, 1.54) is 0 Å². The number of aliphatic hydroxyl groups is 1. The number of nitrogens with one attached hydrogen (secondary N) is 2. The standard InChI is InChI=1S/C16H16N2O2/c1-12(18-16(20)15-8-3-9-17-15)14-7-2-5-13(11-14)6-4-10-19/h2-3,5,7-9,11-12,17,19H,10H2,1H3,(H,18,20). The maximum Gasteiger partial charge on any atom is 0.268 e. The molecule has 0 saturated carbocycles. The van der Waals surface area contributed by atoms with Crippen LogP contribution >= 0.6 is 0 Å². The lowest BCUT2D eigenvalue weighted by Crippen LogP contribution is -2.26. The minimum absolute atomic E-state index is 0.123. The summed E-state index contributed by atoms with van der Waals surface area (Å²) >= 11 is 0. The fraction of sp³-hybridized carbons (Fsp3) is 0.188. The number of aromatic amines is 1. The Bertz CT molecular complexity index is 636. The Morgan fingerprint density at radius 2 is 2.25 bits per heavy atom. The Balaban J connectivity index is 2.09. The number of carbonyl (C=O) groups excluding carboxylic acids is 1. The topological polar surface area (TPSA) is 65.1 Å². The van der Waals surface area contributed by atoms with Crippen molar-refractivity contribution in [3.05, 3.63) is 59.4 Å². The van der Waals surface area contributed by atoms with Gasteiger partial charge in [0.05, 0.1) is 6.04 Å². The fourth-order valence-corrected chi connectivity index (χ4v) is 1.86. The van der Waals surface area contributed by atoms with Gasteiger partial charge in [-0.2, -0.15) is 0 Å². The lowest BCUT2D eigenvalue weighted by molar-refractivity contribution is 0.0935. The molecule has 1 amide bonds. The van der Waals surface area contributed by atoms with Crippen LogP contribution in [0.5, 0.6) is 0 Å². The quantitative estimate of drug-likeness (QED) is 0.744. The summed E-state index contributed by atoms with van der Waals surface area (Å²) in [6.07, 6.45) is 1.71. The predicted octanol–water partition coefficient (Wildman–Crippen LogP) is 1.85. The third-order valence-corrected chi connectivity index (χ3v) is 2.89. The van der Waals surface area contributed by atoms with E-state index in [-0.39, 0.29) is 18.6 Å². The van der Waals surface area contributed by atoms with Gasteiger partial charge in [-0.3, -0.25) is 4.79 Å². The highest BCUT2D eigenvalue weighted by Crippen LogP contribution is 2.14. The van der Waals surface area contributed by atoms with Crippen molar-refractivity contribution in [1.29, 1.82) is 0 Å². The highest BCUT2D eigenvalue weighted by molar-refractivity contribution is 5.92. The number of hydrogen-bond acceptors (Lipinski definition) is 2. The maximum atomic E-state index is 11.9. The Hall–Kier alpha value is -2.51. The number of rotatable bonds is 3. The number of aliphatic hydroxyl groups excluding tert-OH is 1. The van der Waals surface area contributed by atoms with Gasteiger partial charge in [0, 0.05) is 11.8 Å². The average molecular weight is 268 g/mol. The van der Waals surface area contributed by atoms with Crippen LogP contribution in [0.25, 0.3) is 0 Å². The SMILES string of the molecule is CC(NC(=O)c1ccc[nH]1)c1cccc(C#CCO)c1. The lowest BCUT2D eigenvalue weighted by atomic mass is 10.1. The van der Waals surface area contributed by atoms with Crippen LogP contribution in [0.3, 0.4) is 0 Å². The van der Waals surface area contributed by atoms with Gasteiger partial charge in [-0.05, 0) is 36.8 Å². The predicted molar refractivity (Wildman–Crippen MR) is 77.1 cm³/mol. The Morgan fingerprint density at radius 1 is 1.40 bits per heavy atom. The molecule has 2 aromatic rings. The van der Waals surface area contributed by atoms with Crippen molar-refractivity contribution in [3.8, 4) is 11.8 Å². The number of amides is 1. The molecule has 3 N–H and O–H groups in total. The second kappa shape index (κ2) is 6.60. The summed E-state index contributed by atoms with van der Waals surface area (Å²) in [5.41, 5.74) is 2.32. The molecule has 1 unspecified atom stereocenters. The molecule has 4 nitrogen and oxygen atoms in total. The van der Waals surface area contributed by atoms with E-state index in [2.05, 4.69) is 22.1 Å². The molecule has 0 spiro atoms. The second-order valence-electron chi connectivity index (χ2n) is 4.36. The molecule has 0 aliphatic rings. The van der Waals surface area contributed by atoms with Gasteiger partial charge in [0.15, 0.2) is 0 Å². The highest BCUT2D eigenvalue weighted by atomic mass is 16.2. The Kier molecular flexibility index (Phi) is 4.59.